The molecule has 4 aromatic rings. The summed E-state index contributed by atoms with van der Waals surface area (Å²) < 4.78 is 42.2. The van der Waals surface area contributed by atoms with E-state index in [1.807, 2.05) is 6.07 Å². The van der Waals surface area contributed by atoms with Gasteiger partial charge in [-0.2, -0.15) is 4.39 Å². The molecule has 32 heavy (non-hydrogen) atoms. The van der Waals surface area contributed by atoms with Crippen molar-refractivity contribution in [1.82, 2.24) is 14.3 Å². The number of pyridine rings is 1. The summed E-state index contributed by atoms with van der Waals surface area (Å²) in [5.41, 5.74) is 2.59. The number of nitrogens with one attached hydrogen (secondary N) is 2. The Kier molecular flexibility index (Phi) is 7.09. The van der Waals surface area contributed by atoms with Gasteiger partial charge in [-0.1, -0.05) is 23.7 Å². The van der Waals surface area contributed by atoms with Gasteiger partial charge in [0.2, 0.25) is 5.95 Å². The summed E-state index contributed by atoms with van der Waals surface area (Å²) in [6.07, 6.45) is 1.59. The molecule has 6 nitrogen and oxygen atoms in total. The van der Waals surface area contributed by atoms with Crippen LogP contribution >= 0.6 is 24.0 Å². The number of rotatable bonds is 6. The molecule has 2 aromatic carbocycles. The van der Waals surface area contributed by atoms with E-state index in [-0.39, 0.29) is 23.0 Å². The topological polar surface area (TPSA) is 76.0 Å². The van der Waals surface area contributed by atoms with Crippen LogP contribution in [0.25, 0.3) is 10.9 Å². The Bertz CT molecular complexity index is 1390. The molecule has 0 spiro atoms. The van der Waals surface area contributed by atoms with Crippen LogP contribution in [0.2, 0.25) is 5.02 Å². The van der Waals surface area contributed by atoms with Gasteiger partial charge in [-0.15, -0.1) is 12.4 Å². The number of nitrogens with zero attached hydrogens (tertiary/aromatic N) is 2. The van der Waals surface area contributed by atoms with Gasteiger partial charge in [0.05, 0.1) is 16.1 Å². The summed E-state index contributed by atoms with van der Waals surface area (Å²) in [4.78, 5) is 3.90. The number of anilines is 2. The lowest BCUT2D eigenvalue weighted by Gasteiger charge is -2.11. The van der Waals surface area contributed by atoms with Crippen LogP contribution in [0.5, 0.6) is 0 Å². The second-order valence-corrected chi connectivity index (χ2v) is 9.34. The number of halogens is 3. The van der Waals surface area contributed by atoms with Crippen LogP contribution in [0.4, 0.5) is 15.8 Å². The van der Waals surface area contributed by atoms with E-state index < -0.39 is 16.0 Å². The van der Waals surface area contributed by atoms with Crippen LogP contribution in [0, 0.1) is 12.9 Å². The Morgan fingerprint density at radius 2 is 1.91 bits per heavy atom. The second kappa shape index (κ2) is 9.46. The van der Waals surface area contributed by atoms with Crippen molar-refractivity contribution in [3.8, 4) is 0 Å². The van der Waals surface area contributed by atoms with Crippen molar-refractivity contribution in [2.75, 3.05) is 12.4 Å². The van der Waals surface area contributed by atoms with E-state index in [1.165, 1.54) is 16.1 Å². The van der Waals surface area contributed by atoms with Crippen LogP contribution in [0.15, 0.2) is 65.7 Å². The summed E-state index contributed by atoms with van der Waals surface area (Å²) in [5.74, 6) is -0.627. The summed E-state index contributed by atoms with van der Waals surface area (Å²) in [6.45, 7) is 2.19. The molecule has 168 valence electrons. The summed E-state index contributed by atoms with van der Waals surface area (Å²) in [6, 6.07) is 14.7. The zero-order valence-corrected chi connectivity index (χ0v) is 19.7. The maximum absolute atomic E-state index is 14.2. The Balaban J connectivity index is 0.00000289. The molecule has 0 fully saturated rings. The third-order valence-electron chi connectivity index (χ3n) is 4.84. The fourth-order valence-corrected chi connectivity index (χ4v) is 5.07. The van der Waals surface area contributed by atoms with Gasteiger partial charge in [0.25, 0.3) is 10.0 Å². The molecule has 0 unspecified atom stereocenters. The highest BCUT2D eigenvalue weighted by molar-refractivity contribution is 7.90. The van der Waals surface area contributed by atoms with E-state index in [9.17, 15) is 12.8 Å². The van der Waals surface area contributed by atoms with Crippen LogP contribution in [0.3, 0.4) is 0 Å². The van der Waals surface area contributed by atoms with Crippen molar-refractivity contribution in [3.63, 3.8) is 0 Å². The fraction of sp³-hybridized carbons (Fsp3) is 0.136. The number of aromatic nitrogens is 2. The summed E-state index contributed by atoms with van der Waals surface area (Å²) >= 11 is 6.02. The minimum absolute atomic E-state index is 0. The van der Waals surface area contributed by atoms with Gasteiger partial charge >= 0.3 is 0 Å². The van der Waals surface area contributed by atoms with Crippen molar-refractivity contribution >= 4 is 56.3 Å². The van der Waals surface area contributed by atoms with E-state index in [4.69, 9.17) is 11.6 Å². The van der Waals surface area contributed by atoms with E-state index in [0.717, 1.165) is 10.9 Å². The lowest BCUT2D eigenvalue weighted by Crippen LogP contribution is -2.12. The first kappa shape index (κ1) is 24.0. The molecule has 2 aromatic heterocycles. The molecule has 0 atom stereocenters. The number of hydrogen-bond donors (Lipinski definition) is 2. The predicted octanol–water partition coefficient (Wildman–Crippen LogP) is 5.26. The lowest BCUT2D eigenvalue weighted by atomic mass is 10.1. The molecule has 0 saturated heterocycles. The van der Waals surface area contributed by atoms with Gasteiger partial charge in [0.15, 0.2) is 0 Å². The van der Waals surface area contributed by atoms with Crippen molar-refractivity contribution in [2.45, 2.75) is 18.4 Å². The molecule has 0 bridgehead atoms. The van der Waals surface area contributed by atoms with Crippen LogP contribution in [-0.4, -0.2) is 24.4 Å². The van der Waals surface area contributed by atoms with Crippen LogP contribution < -0.4 is 10.6 Å². The first-order valence-corrected chi connectivity index (χ1v) is 11.3. The normalized spacial score (nSPS) is 11.4. The molecule has 0 aliphatic heterocycles. The Morgan fingerprint density at radius 1 is 1.12 bits per heavy atom. The van der Waals surface area contributed by atoms with Crippen LogP contribution in [0.1, 0.15) is 11.3 Å². The van der Waals surface area contributed by atoms with Crippen molar-refractivity contribution in [3.05, 3.63) is 83.0 Å². The number of aryl methyl sites for hydroxylation is 1. The highest BCUT2D eigenvalue weighted by Crippen LogP contribution is 2.30. The quantitative estimate of drug-likeness (QED) is 0.357. The fourth-order valence-electron chi connectivity index (χ4n) is 3.39. The molecule has 0 aliphatic rings. The molecular weight excluding hydrogens is 474 g/mol. The zero-order chi connectivity index (χ0) is 22.2. The molecule has 0 aliphatic carbocycles. The monoisotopic (exact) mass is 494 g/mol. The van der Waals surface area contributed by atoms with Crippen molar-refractivity contribution in [2.24, 2.45) is 0 Å². The standard InChI is InChI=1S/C22H20ClFN4O2S.ClH/c1-14-6-9-20(22(24)26-14)27-17-7-8-19-15(12-25-2)13-28(21(19)11-17)31(29,30)18-5-3-4-16(23)10-18;/h3-11,13,25,27H,12H2,1-2H3;1H. The highest BCUT2D eigenvalue weighted by Gasteiger charge is 2.22. The van der Waals surface area contributed by atoms with Gasteiger partial charge in [0, 0.05) is 34.5 Å². The largest absolute Gasteiger partial charge is 0.352 e. The van der Waals surface area contributed by atoms with Crippen LogP contribution in [-0.2, 0) is 16.6 Å². The average Bonchev–Trinajstić information content (AvgIpc) is 3.09. The Morgan fingerprint density at radius 3 is 2.59 bits per heavy atom. The number of fused-ring (bicyclic) bond motifs is 1. The van der Waals surface area contributed by atoms with Gasteiger partial charge < -0.3 is 10.6 Å². The van der Waals surface area contributed by atoms with E-state index in [2.05, 4.69) is 15.6 Å². The van der Waals surface area contributed by atoms with Crippen molar-refractivity contribution < 1.29 is 12.8 Å². The third-order valence-corrected chi connectivity index (χ3v) is 6.75. The minimum atomic E-state index is -3.90. The first-order chi connectivity index (χ1) is 14.8. The SMILES string of the molecule is CNCc1cn(S(=O)(=O)c2cccc(Cl)c2)c2cc(Nc3ccc(C)nc3F)ccc12.Cl. The molecule has 2 N–H and O–H groups in total. The molecule has 0 saturated carbocycles. The van der Waals surface area contributed by atoms with E-state index in [1.54, 1.807) is 56.6 Å². The van der Waals surface area contributed by atoms with Gasteiger partial charge in [-0.3, -0.25) is 0 Å². The summed E-state index contributed by atoms with van der Waals surface area (Å²) in [5, 5.41) is 7.13. The Hall–Kier alpha value is -2.65. The first-order valence-electron chi connectivity index (χ1n) is 9.49. The molecule has 4 rings (SSSR count). The van der Waals surface area contributed by atoms with E-state index >= 15 is 0 Å². The number of hydrogen-bond acceptors (Lipinski definition) is 5. The second-order valence-electron chi connectivity index (χ2n) is 7.09. The molecule has 2 heterocycles. The Labute approximate surface area is 196 Å². The zero-order valence-electron chi connectivity index (χ0n) is 17.3. The predicted molar refractivity (Wildman–Crippen MR) is 128 cm³/mol. The molecule has 0 radical (unpaired) electrons. The maximum atomic E-state index is 14.2. The van der Waals surface area contributed by atoms with Gasteiger partial charge in [-0.05, 0) is 62.0 Å². The van der Waals surface area contributed by atoms with Gasteiger partial charge in [-0.25, -0.2) is 17.4 Å². The molecular formula is C22H21Cl2FN4O2S. The average molecular weight is 495 g/mol. The molecule has 0 amide bonds. The molecule has 10 heteroatoms. The van der Waals surface area contributed by atoms with Gasteiger partial charge in [0.1, 0.15) is 0 Å². The smallest absolute Gasteiger partial charge is 0.268 e. The third kappa shape index (κ3) is 4.59. The van der Waals surface area contributed by atoms with E-state index in [0.29, 0.717) is 28.5 Å². The summed E-state index contributed by atoms with van der Waals surface area (Å²) in [7, 11) is -2.11. The maximum Gasteiger partial charge on any atom is 0.268 e. The van der Waals surface area contributed by atoms with Crippen molar-refractivity contribution in [1.29, 1.82) is 0 Å². The minimum Gasteiger partial charge on any atom is -0.352 e. The highest BCUT2D eigenvalue weighted by atomic mass is 35.5. The lowest BCUT2D eigenvalue weighted by molar-refractivity contribution is 0.584. The number of benzene rings is 2.